The maximum absolute atomic E-state index is 12.7. The molecule has 0 aliphatic heterocycles. The van der Waals surface area contributed by atoms with E-state index in [4.69, 9.17) is 4.74 Å². The molecule has 2 heterocycles. The minimum Gasteiger partial charge on any atom is -0.451 e. The highest BCUT2D eigenvalue weighted by molar-refractivity contribution is 7.18. The molecule has 0 saturated carbocycles. The number of carbonyl (C=O) groups is 1. The van der Waals surface area contributed by atoms with Gasteiger partial charge < -0.3 is 9.72 Å². The number of hydrogen-bond donors (Lipinski definition) is 1. The highest BCUT2D eigenvalue weighted by Crippen LogP contribution is 2.36. The third-order valence-corrected chi connectivity index (χ3v) is 6.29. The highest BCUT2D eigenvalue weighted by atomic mass is 32.1. The van der Waals surface area contributed by atoms with E-state index >= 15 is 0 Å². The first kappa shape index (κ1) is 17.9. The molecule has 1 aliphatic carbocycles. The Hall–Kier alpha value is -2.47. The van der Waals surface area contributed by atoms with Crippen molar-refractivity contribution in [2.24, 2.45) is 5.92 Å². The summed E-state index contributed by atoms with van der Waals surface area (Å²) in [4.78, 5) is 34.5. The number of fused-ring (bicyclic) bond motifs is 3. The Morgan fingerprint density at radius 2 is 2.07 bits per heavy atom. The lowest BCUT2D eigenvalue weighted by molar-refractivity contribution is 0.0320. The van der Waals surface area contributed by atoms with Gasteiger partial charge in [-0.25, -0.2) is 9.78 Å². The predicted molar refractivity (Wildman–Crippen MR) is 106 cm³/mol. The van der Waals surface area contributed by atoms with Gasteiger partial charge in [0.05, 0.1) is 10.9 Å². The second-order valence-corrected chi connectivity index (χ2v) is 8.48. The van der Waals surface area contributed by atoms with Crippen molar-refractivity contribution < 1.29 is 9.53 Å². The molecule has 1 aromatic carbocycles. The van der Waals surface area contributed by atoms with Crippen LogP contribution in [0.15, 0.2) is 29.1 Å². The molecular formula is C21H22N2O3S. The highest BCUT2D eigenvalue weighted by Gasteiger charge is 2.24. The molecule has 0 saturated heterocycles. The molecule has 2 atom stereocenters. The Morgan fingerprint density at radius 3 is 2.81 bits per heavy atom. The number of aromatic nitrogens is 2. The van der Waals surface area contributed by atoms with E-state index in [2.05, 4.69) is 16.9 Å². The molecule has 140 valence electrons. The second-order valence-electron chi connectivity index (χ2n) is 7.40. The smallest absolute Gasteiger partial charge is 0.338 e. The van der Waals surface area contributed by atoms with E-state index in [0.717, 1.165) is 35.2 Å². The van der Waals surface area contributed by atoms with Crippen molar-refractivity contribution in [3.05, 3.63) is 62.0 Å². The van der Waals surface area contributed by atoms with Gasteiger partial charge in [-0.3, -0.25) is 4.79 Å². The van der Waals surface area contributed by atoms with Crippen LogP contribution in [0.3, 0.4) is 0 Å². The minimum atomic E-state index is -0.631. The SMILES string of the molecule is Cc1ccc(C(=O)O[C@H](C)c2nc3sc4c(c3c(=O)[nH]2)CC[C@@H](C)C4)cc1. The fourth-order valence-corrected chi connectivity index (χ4v) is 4.92. The van der Waals surface area contributed by atoms with Crippen LogP contribution in [0.4, 0.5) is 0 Å². The molecule has 0 bridgehead atoms. The molecule has 0 spiro atoms. The van der Waals surface area contributed by atoms with Crippen LogP contribution < -0.4 is 5.56 Å². The summed E-state index contributed by atoms with van der Waals surface area (Å²) in [5.41, 5.74) is 2.57. The summed E-state index contributed by atoms with van der Waals surface area (Å²) in [6.07, 6.45) is 2.40. The van der Waals surface area contributed by atoms with Gasteiger partial charge in [0.1, 0.15) is 4.83 Å². The van der Waals surface area contributed by atoms with Gasteiger partial charge in [0, 0.05) is 4.88 Å². The fraction of sp³-hybridized carbons (Fsp3) is 0.381. The van der Waals surface area contributed by atoms with Gasteiger partial charge in [-0.05, 0) is 56.7 Å². The minimum absolute atomic E-state index is 0.139. The summed E-state index contributed by atoms with van der Waals surface area (Å²) < 4.78 is 5.52. The summed E-state index contributed by atoms with van der Waals surface area (Å²) in [7, 11) is 0. The molecule has 27 heavy (non-hydrogen) atoms. The van der Waals surface area contributed by atoms with E-state index in [1.807, 2.05) is 19.1 Å². The van der Waals surface area contributed by atoms with E-state index in [9.17, 15) is 9.59 Å². The molecule has 4 rings (SSSR count). The topological polar surface area (TPSA) is 72.0 Å². The Labute approximate surface area is 161 Å². The zero-order valence-electron chi connectivity index (χ0n) is 15.7. The molecule has 0 fully saturated rings. The van der Waals surface area contributed by atoms with E-state index in [-0.39, 0.29) is 5.56 Å². The number of carbonyl (C=O) groups excluding carboxylic acids is 1. The second kappa shape index (κ2) is 6.93. The molecule has 5 nitrogen and oxygen atoms in total. The number of H-pyrrole nitrogens is 1. The van der Waals surface area contributed by atoms with Crippen molar-refractivity contribution in [3.63, 3.8) is 0 Å². The number of esters is 1. The maximum atomic E-state index is 12.7. The van der Waals surface area contributed by atoms with E-state index < -0.39 is 12.1 Å². The quantitative estimate of drug-likeness (QED) is 0.684. The van der Waals surface area contributed by atoms with Crippen molar-refractivity contribution in [1.29, 1.82) is 0 Å². The number of ether oxygens (including phenoxy) is 1. The van der Waals surface area contributed by atoms with Gasteiger partial charge in [-0.15, -0.1) is 11.3 Å². The van der Waals surface area contributed by atoms with Crippen molar-refractivity contribution in [2.45, 2.75) is 46.1 Å². The van der Waals surface area contributed by atoms with Crippen molar-refractivity contribution in [2.75, 3.05) is 0 Å². The van der Waals surface area contributed by atoms with Crippen molar-refractivity contribution in [1.82, 2.24) is 9.97 Å². The number of aryl methyl sites for hydroxylation is 2. The van der Waals surface area contributed by atoms with Crippen LogP contribution in [0.2, 0.25) is 0 Å². The lowest BCUT2D eigenvalue weighted by atomic mass is 9.89. The Morgan fingerprint density at radius 1 is 1.33 bits per heavy atom. The lowest BCUT2D eigenvalue weighted by Crippen LogP contribution is -2.18. The van der Waals surface area contributed by atoms with E-state index in [1.165, 1.54) is 4.88 Å². The number of benzene rings is 1. The van der Waals surface area contributed by atoms with Gasteiger partial charge >= 0.3 is 5.97 Å². The third kappa shape index (κ3) is 3.41. The zero-order chi connectivity index (χ0) is 19.1. The van der Waals surface area contributed by atoms with Gasteiger partial charge in [-0.2, -0.15) is 0 Å². The summed E-state index contributed by atoms with van der Waals surface area (Å²) >= 11 is 1.59. The average molecular weight is 382 g/mol. The van der Waals surface area contributed by atoms with Crippen LogP contribution >= 0.6 is 11.3 Å². The zero-order valence-corrected chi connectivity index (χ0v) is 16.5. The molecule has 3 aromatic rings. The number of thiophene rings is 1. The molecule has 0 radical (unpaired) electrons. The van der Waals surface area contributed by atoms with Crippen LogP contribution in [0.5, 0.6) is 0 Å². The lowest BCUT2D eigenvalue weighted by Gasteiger charge is -2.17. The standard InChI is InChI=1S/C21H22N2O3S/c1-11-4-7-14(8-5-11)21(25)26-13(3)18-22-19(24)17-15-9-6-12(2)10-16(15)27-20(17)23-18/h4-5,7-8,12-13H,6,9-10H2,1-3H3,(H,22,23,24)/t12-,13-/m1/s1. The van der Waals surface area contributed by atoms with Crippen LogP contribution in [0.1, 0.15) is 58.6 Å². The first-order chi connectivity index (χ1) is 12.9. The van der Waals surface area contributed by atoms with E-state index in [1.54, 1.807) is 30.4 Å². The van der Waals surface area contributed by atoms with Crippen LogP contribution in [-0.2, 0) is 17.6 Å². The molecule has 1 aliphatic rings. The monoisotopic (exact) mass is 382 g/mol. The number of nitrogens with one attached hydrogen (secondary N) is 1. The first-order valence-corrected chi connectivity index (χ1v) is 10.1. The Bertz CT molecular complexity index is 1070. The van der Waals surface area contributed by atoms with E-state index in [0.29, 0.717) is 22.7 Å². The van der Waals surface area contributed by atoms with Crippen molar-refractivity contribution >= 4 is 27.5 Å². The number of rotatable bonds is 3. The molecule has 2 aromatic heterocycles. The summed E-state index contributed by atoms with van der Waals surface area (Å²) in [6.45, 7) is 5.93. The van der Waals surface area contributed by atoms with Gasteiger partial charge in [0.2, 0.25) is 0 Å². The molecule has 0 unspecified atom stereocenters. The number of aromatic amines is 1. The summed E-state index contributed by atoms with van der Waals surface area (Å²) in [5, 5.41) is 0.711. The van der Waals surface area contributed by atoms with Crippen LogP contribution in [0.25, 0.3) is 10.2 Å². The van der Waals surface area contributed by atoms with Crippen molar-refractivity contribution in [3.8, 4) is 0 Å². The molecular weight excluding hydrogens is 360 g/mol. The summed E-state index contributed by atoms with van der Waals surface area (Å²) in [6, 6.07) is 7.20. The van der Waals surface area contributed by atoms with Gasteiger partial charge in [0.25, 0.3) is 5.56 Å². The van der Waals surface area contributed by atoms with Crippen LogP contribution in [0, 0.1) is 12.8 Å². The largest absolute Gasteiger partial charge is 0.451 e. The molecule has 1 N–H and O–H groups in total. The normalized spacial score (nSPS) is 17.5. The summed E-state index contributed by atoms with van der Waals surface area (Å²) in [5.74, 6) is 0.600. The Kier molecular flexibility index (Phi) is 4.60. The van der Waals surface area contributed by atoms with Gasteiger partial charge in [0.15, 0.2) is 11.9 Å². The first-order valence-electron chi connectivity index (χ1n) is 9.24. The number of hydrogen-bond acceptors (Lipinski definition) is 5. The third-order valence-electron chi connectivity index (χ3n) is 5.14. The number of nitrogens with zero attached hydrogens (tertiary/aromatic N) is 1. The van der Waals surface area contributed by atoms with Crippen LogP contribution in [-0.4, -0.2) is 15.9 Å². The van der Waals surface area contributed by atoms with Gasteiger partial charge in [-0.1, -0.05) is 24.6 Å². The Balaban J connectivity index is 1.62. The molecule has 6 heteroatoms. The predicted octanol–water partition coefficient (Wildman–Crippen LogP) is 4.34. The fourth-order valence-electron chi connectivity index (χ4n) is 3.53. The maximum Gasteiger partial charge on any atom is 0.338 e. The average Bonchev–Trinajstić information content (AvgIpc) is 2.99. The molecule has 0 amide bonds.